The van der Waals surface area contributed by atoms with Gasteiger partial charge in [0.1, 0.15) is 0 Å². The molecule has 0 atom stereocenters. The molecule has 1 aromatic carbocycles. The summed E-state index contributed by atoms with van der Waals surface area (Å²) in [4.78, 5) is 11.4. The van der Waals surface area contributed by atoms with Crippen LogP contribution in [0.2, 0.25) is 0 Å². The molecule has 0 spiro atoms. The van der Waals surface area contributed by atoms with Crippen molar-refractivity contribution in [3.05, 3.63) is 45.0 Å². The van der Waals surface area contributed by atoms with E-state index in [0.717, 1.165) is 5.39 Å². The Balaban J connectivity index is 2.99. The molecule has 0 aliphatic rings. The van der Waals surface area contributed by atoms with Gasteiger partial charge in [-0.3, -0.25) is 0 Å². The Bertz CT molecular complexity index is 470. The average Bonchev–Trinajstić information content (AvgIpc) is 2.04. The van der Waals surface area contributed by atoms with Gasteiger partial charge in [-0.05, 0) is 0 Å². The standard InChI is InChI=1S/C10H8OSe/c1-7-6-9(11)8-4-2-3-5-10(8)12-7/h2-6H,1H3. The summed E-state index contributed by atoms with van der Waals surface area (Å²) in [5.41, 5.74) is 0.163. The van der Waals surface area contributed by atoms with Gasteiger partial charge in [0, 0.05) is 0 Å². The van der Waals surface area contributed by atoms with Gasteiger partial charge in [0.15, 0.2) is 0 Å². The van der Waals surface area contributed by atoms with E-state index >= 15 is 0 Å². The van der Waals surface area contributed by atoms with Crippen molar-refractivity contribution in [1.82, 2.24) is 0 Å². The molecule has 1 aromatic heterocycles. The zero-order valence-corrected chi connectivity index (χ0v) is 8.42. The van der Waals surface area contributed by atoms with Crippen molar-refractivity contribution in [2.75, 3.05) is 0 Å². The van der Waals surface area contributed by atoms with Gasteiger partial charge in [0.2, 0.25) is 0 Å². The second kappa shape index (κ2) is 2.89. The van der Waals surface area contributed by atoms with Crippen molar-refractivity contribution in [2.45, 2.75) is 6.92 Å². The van der Waals surface area contributed by atoms with Crippen molar-refractivity contribution < 1.29 is 0 Å². The van der Waals surface area contributed by atoms with E-state index < -0.39 is 0 Å². The third-order valence-electron chi connectivity index (χ3n) is 1.76. The second-order valence-corrected chi connectivity index (χ2v) is 5.42. The number of aryl methyl sites for hydroxylation is 1. The molecule has 12 heavy (non-hydrogen) atoms. The number of fused-ring (bicyclic) bond motifs is 1. The van der Waals surface area contributed by atoms with Gasteiger partial charge in [-0.2, -0.15) is 0 Å². The number of rotatable bonds is 0. The van der Waals surface area contributed by atoms with Gasteiger partial charge >= 0.3 is 76.1 Å². The molecule has 0 saturated carbocycles. The van der Waals surface area contributed by atoms with Gasteiger partial charge in [0.25, 0.3) is 0 Å². The third-order valence-corrected chi connectivity index (χ3v) is 3.89. The van der Waals surface area contributed by atoms with Crippen LogP contribution in [0.4, 0.5) is 0 Å². The van der Waals surface area contributed by atoms with E-state index in [1.54, 1.807) is 6.07 Å². The van der Waals surface area contributed by atoms with Gasteiger partial charge in [0.05, 0.1) is 0 Å². The summed E-state index contributed by atoms with van der Waals surface area (Å²) in [6, 6.07) is 9.61. The van der Waals surface area contributed by atoms with Crippen molar-refractivity contribution in [2.24, 2.45) is 0 Å². The Morgan fingerprint density at radius 2 is 2.00 bits per heavy atom. The molecular weight excluding hydrogens is 215 g/mol. The molecule has 60 valence electrons. The van der Waals surface area contributed by atoms with E-state index in [2.05, 4.69) is 0 Å². The van der Waals surface area contributed by atoms with Crippen LogP contribution < -0.4 is 5.43 Å². The van der Waals surface area contributed by atoms with Crippen molar-refractivity contribution >= 4 is 24.1 Å². The normalized spacial score (nSPS) is 10.4. The number of hydrogen-bond donors (Lipinski definition) is 0. The Hall–Kier alpha value is -0.851. The summed E-state index contributed by atoms with van der Waals surface area (Å²) < 4.78 is 2.43. The number of benzene rings is 1. The molecule has 1 heterocycles. The molecule has 0 radical (unpaired) electrons. The van der Waals surface area contributed by atoms with Crippen LogP contribution in [0.3, 0.4) is 0 Å². The first-order valence-electron chi connectivity index (χ1n) is 3.77. The average molecular weight is 223 g/mol. The first-order valence-corrected chi connectivity index (χ1v) is 5.48. The summed E-state index contributed by atoms with van der Waals surface area (Å²) in [6.07, 6.45) is 0. The molecular formula is C10H8OSe. The Morgan fingerprint density at radius 3 is 2.83 bits per heavy atom. The quantitative estimate of drug-likeness (QED) is 0.619. The summed E-state index contributed by atoms with van der Waals surface area (Å²) >= 11 is 0.366. The fourth-order valence-electron chi connectivity index (χ4n) is 1.22. The molecule has 2 aromatic rings. The molecule has 0 amide bonds. The molecule has 2 heteroatoms. The van der Waals surface area contributed by atoms with E-state index in [-0.39, 0.29) is 5.43 Å². The predicted octanol–water partition coefficient (Wildman–Crippen LogP) is 1.57. The van der Waals surface area contributed by atoms with Crippen molar-refractivity contribution in [3.63, 3.8) is 0 Å². The summed E-state index contributed by atoms with van der Waals surface area (Å²) in [6.45, 7) is 2.02. The van der Waals surface area contributed by atoms with Gasteiger partial charge in [-0.1, -0.05) is 0 Å². The Morgan fingerprint density at radius 1 is 1.25 bits per heavy atom. The maximum atomic E-state index is 11.4. The van der Waals surface area contributed by atoms with E-state index in [9.17, 15) is 4.79 Å². The minimum absolute atomic E-state index is 0.163. The first-order chi connectivity index (χ1) is 5.77. The topological polar surface area (TPSA) is 17.1 Å². The van der Waals surface area contributed by atoms with Gasteiger partial charge < -0.3 is 0 Å². The molecule has 2 rings (SSSR count). The van der Waals surface area contributed by atoms with Crippen LogP contribution in [-0.4, -0.2) is 14.5 Å². The summed E-state index contributed by atoms with van der Waals surface area (Å²) in [7, 11) is 0. The Labute approximate surface area is 76.4 Å². The molecule has 0 N–H and O–H groups in total. The Kier molecular flexibility index (Phi) is 1.87. The second-order valence-electron chi connectivity index (χ2n) is 2.72. The van der Waals surface area contributed by atoms with Crippen molar-refractivity contribution in [3.8, 4) is 0 Å². The van der Waals surface area contributed by atoms with E-state index in [1.165, 1.54) is 8.70 Å². The zero-order chi connectivity index (χ0) is 8.55. The fraction of sp³-hybridized carbons (Fsp3) is 0.100. The maximum absolute atomic E-state index is 11.4. The van der Waals surface area contributed by atoms with Crippen LogP contribution in [0.25, 0.3) is 9.65 Å². The van der Waals surface area contributed by atoms with Crippen LogP contribution in [0.15, 0.2) is 35.1 Å². The van der Waals surface area contributed by atoms with Crippen LogP contribution in [0.1, 0.15) is 4.44 Å². The SMILES string of the molecule is Cc1cc(=O)c2ccccc2[se]1. The van der Waals surface area contributed by atoms with E-state index in [1.807, 2.05) is 31.2 Å². The summed E-state index contributed by atoms with van der Waals surface area (Å²) in [5.74, 6) is 0. The molecule has 0 aliphatic heterocycles. The minimum atomic E-state index is 0.163. The predicted molar refractivity (Wildman–Crippen MR) is 51.9 cm³/mol. The van der Waals surface area contributed by atoms with Gasteiger partial charge in [-0.25, -0.2) is 0 Å². The summed E-state index contributed by atoms with van der Waals surface area (Å²) in [5, 5.41) is 0.892. The fourth-order valence-corrected chi connectivity index (χ4v) is 3.19. The van der Waals surface area contributed by atoms with Crippen LogP contribution in [0, 0.1) is 6.92 Å². The van der Waals surface area contributed by atoms with E-state index in [4.69, 9.17) is 0 Å². The molecule has 0 aliphatic carbocycles. The zero-order valence-electron chi connectivity index (χ0n) is 6.70. The van der Waals surface area contributed by atoms with Crippen LogP contribution in [0.5, 0.6) is 0 Å². The van der Waals surface area contributed by atoms with E-state index in [0.29, 0.717) is 14.5 Å². The first kappa shape index (κ1) is 7.78. The van der Waals surface area contributed by atoms with Crippen LogP contribution in [-0.2, 0) is 0 Å². The van der Waals surface area contributed by atoms with Crippen LogP contribution >= 0.6 is 0 Å². The van der Waals surface area contributed by atoms with Gasteiger partial charge in [-0.15, -0.1) is 0 Å². The third kappa shape index (κ3) is 1.24. The molecule has 0 fully saturated rings. The number of hydrogen-bond acceptors (Lipinski definition) is 1. The molecule has 0 saturated heterocycles. The molecule has 1 nitrogen and oxygen atoms in total. The molecule has 0 unspecified atom stereocenters. The molecule has 0 bridgehead atoms. The van der Waals surface area contributed by atoms with Crippen molar-refractivity contribution in [1.29, 1.82) is 0 Å². The monoisotopic (exact) mass is 224 g/mol.